The van der Waals surface area contributed by atoms with Gasteiger partial charge in [0, 0.05) is 0 Å². The molecule has 0 spiro atoms. The number of rotatable bonds is 9. The SMILES string of the molecule is CCC(OCCOS(=O)(=O)c1ccc(C)cc1)c1cc(S(=O)(=O)O)ccc1C. The summed E-state index contributed by atoms with van der Waals surface area (Å²) >= 11 is 0. The number of benzene rings is 2. The van der Waals surface area contributed by atoms with E-state index in [0.29, 0.717) is 12.0 Å². The van der Waals surface area contributed by atoms with E-state index in [2.05, 4.69) is 0 Å². The van der Waals surface area contributed by atoms with E-state index in [-0.39, 0.29) is 23.0 Å². The quantitative estimate of drug-likeness (QED) is 0.370. The molecule has 9 heteroatoms. The Kier molecular flexibility index (Phi) is 7.35. The summed E-state index contributed by atoms with van der Waals surface area (Å²) in [4.78, 5) is -0.143. The van der Waals surface area contributed by atoms with E-state index in [1.54, 1.807) is 25.1 Å². The van der Waals surface area contributed by atoms with Crippen LogP contribution < -0.4 is 0 Å². The van der Waals surface area contributed by atoms with Crippen molar-refractivity contribution < 1.29 is 30.3 Å². The molecule has 0 saturated carbocycles. The molecule has 0 bridgehead atoms. The highest BCUT2D eigenvalue weighted by Crippen LogP contribution is 2.27. The van der Waals surface area contributed by atoms with E-state index in [0.717, 1.165) is 11.1 Å². The third-order valence-corrected chi connectivity index (χ3v) is 6.39. The Morgan fingerprint density at radius 2 is 1.54 bits per heavy atom. The standard InChI is InChI=1S/C19H24O7S2/c1-4-19(18-13-17(27(20,21)22)10-7-15(18)3)25-11-12-26-28(23,24)16-8-5-14(2)6-9-16/h5-10,13,19H,4,11-12H2,1-3H3,(H,20,21,22). The third-order valence-electron chi connectivity index (χ3n) is 4.22. The lowest BCUT2D eigenvalue weighted by Gasteiger charge is -2.19. The van der Waals surface area contributed by atoms with Gasteiger partial charge >= 0.3 is 0 Å². The zero-order chi connectivity index (χ0) is 20.9. The van der Waals surface area contributed by atoms with E-state index in [9.17, 15) is 21.4 Å². The lowest BCUT2D eigenvalue weighted by atomic mass is 10.0. The molecule has 0 aromatic heterocycles. The van der Waals surface area contributed by atoms with Crippen LogP contribution in [0.5, 0.6) is 0 Å². The first-order valence-electron chi connectivity index (χ1n) is 8.70. The van der Waals surface area contributed by atoms with Gasteiger partial charge in [0.15, 0.2) is 0 Å². The molecule has 0 radical (unpaired) electrons. The molecular formula is C19H24O7S2. The van der Waals surface area contributed by atoms with Crippen LogP contribution in [-0.2, 0) is 29.2 Å². The largest absolute Gasteiger partial charge is 0.371 e. The fraction of sp³-hybridized carbons (Fsp3) is 0.368. The van der Waals surface area contributed by atoms with Crippen molar-refractivity contribution in [2.45, 2.75) is 43.1 Å². The van der Waals surface area contributed by atoms with Crippen LogP contribution in [0.15, 0.2) is 52.3 Å². The minimum Gasteiger partial charge on any atom is -0.371 e. The molecule has 0 fully saturated rings. The summed E-state index contributed by atoms with van der Waals surface area (Å²) < 4.78 is 67.0. The van der Waals surface area contributed by atoms with E-state index < -0.39 is 26.3 Å². The molecule has 154 valence electrons. The molecule has 0 saturated heterocycles. The molecule has 0 heterocycles. The van der Waals surface area contributed by atoms with Crippen molar-refractivity contribution in [1.29, 1.82) is 0 Å². The smallest absolute Gasteiger partial charge is 0.297 e. The summed E-state index contributed by atoms with van der Waals surface area (Å²) in [5.41, 5.74) is 2.35. The van der Waals surface area contributed by atoms with Gasteiger partial charge in [0.05, 0.1) is 29.1 Å². The molecule has 0 aliphatic rings. The maximum Gasteiger partial charge on any atom is 0.297 e. The highest BCUT2D eigenvalue weighted by molar-refractivity contribution is 7.86. The van der Waals surface area contributed by atoms with Crippen LogP contribution in [-0.4, -0.2) is 34.6 Å². The topological polar surface area (TPSA) is 107 Å². The van der Waals surface area contributed by atoms with Gasteiger partial charge in [0.25, 0.3) is 20.2 Å². The molecule has 1 unspecified atom stereocenters. The Labute approximate surface area is 166 Å². The van der Waals surface area contributed by atoms with Crippen LogP contribution in [0, 0.1) is 13.8 Å². The van der Waals surface area contributed by atoms with Gasteiger partial charge in [0.1, 0.15) is 0 Å². The summed E-state index contributed by atoms with van der Waals surface area (Å²) in [6, 6.07) is 10.6. The second kappa shape index (κ2) is 9.15. The zero-order valence-corrected chi connectivity index (χ0v) is 17.6. The van der Waals surface area contributed by atoms with Crippen molar-refractivity contribution in [2.24, 2.45) is 0 Å². The Morgan fingerprint density at radius 3 is 2.11 bits per heavy atom. The van der Waals surface area contributed by atoms with Crippen LogP contribution in [0.4, 0.5) is 0 Å². The van der Waals surface area contributed by atoms with Crippen LogP contribution in [0.25, 0.3) is 0 Å². The average Bonchev–Trinajstić information content (AvgIpc) is 2.62. The molecule has 2 rings (SSSR count). The van der Waals surface area contributed by atoms with Gasteiger partial charge in [-0.15, -0.1) is 0 Å². The van der Waals surface area contributed by atoms with Gasteiger partial charge in [-0.3, -0.25) is 8.74 Å². The second-order valence-corrected chi connectivity index (χ2v) is 9.39. The second-order valence-electron chi connectivity index (χ2n) is 6.35. The minimum atomic E-state index is -4.32. The summed E-state index contributed by atoms with van der Waals surface area (Å²) in [6.07, 6.45) is 0.0629. The van der Waals surface area contributed by atoms with Crippen molar-refractivity contribution >= 4 is 20.2 Å². The lowest BCUT2D eigenvalue weighted by Crippen LogP contribution is -2.14. The summed E-state index contributed by atoms with van der Waals surface area (Å²) in [5.74, 6) is 0. The normalized spacial score (nSPS) is 13.4. The van der Waals surface area contributed by atoms with Crippen molar-refractivity contribution in [3.8, 4) is 0 Å². The molecule has 0 aliphatic heterocycles. The first-order valence-corrected chi connectivity index (χ1v) is 11.5. The molecule has 1 N–H and O–H groups in total. The predicted octanol–water partition coefficient (Wildman–Crippen LogP) is 3.42. The predicted molar refractivity (Wildman–Crippen MR) is 104 cm³/mol. The van der Waals surface area contributed by atoms with Crippen LogP contribution >= 0.6 is 0 Å². The first kappa shape index (κ1) is 22.5. The van der Waals surface area contributed by atoms with Gasteiger partial charge in [-0.2, -0.15) is 16.8 Å². The van der Waals surface area contributed by atoms with Crippen molar-refractivity contribution in [1.82, 2.24) is 0 Å². The molecule has 1 atom stereocenters. The van der Waals surface area contributed by atoms with Crippen molar-refractivity contribution in [3.63, 3.8) is 0 Å². The minimum absolute atomic E-state index is 0.000853. The molecule has 28 heavy (non-hydrogen) atoms. The number of ether oxygens (including phenoxy) is 1. The summed E-state index contributed by atoms with van der Waals surface area (Å²) in [7, 11) is -8.19. The third kappa shape index (κ3) is 5.86. The molecule has 2 aromatic rings. The summed E-state index contributed by atoms with van der Waals surface area (Å²) in [5, 5.41) is 0. The first-order chi connectivity index (χ1) is 13.0. The molecular weight excluding hydrogens is 404 g/mol. The highest BCUT2D eigenvalue weighted by Gasteiger charge is 2.19. The summed E-state index contributed by atoms with van der Waals surface area (Å²) in [6.45, 7) is 5.33. The lowest BCUT2D eigenvalue weighted by molar-refractivity contribution is 0.0313. The van der Waals surface area contributed by atoms with Gasteiger partial charge in [-0.05, 0) is 55.7 Å². The van der Waals surface area contributed by atoms with Gasteiger partial charge in [-0.25, -0.2) is 0 Å². The number of hydrogen-bond acceptors (Lipinski definition) is 6. The van der Waals surface area contributed by atoms with E-state index in [4.69, 9.17) is 8.92 Å². The average molecular weight is 429 g/mol. The Hall–Kier alpha value is -1.78. The highest BCUT2D eigenvalue weighted by atomic mass is 32.2. The molecule has 7 nitrogen and oxygen atoms in total. The van der Waals surface area contributed by atoms with Gasteiger partial charge in [0.2, 0.25) is 0 Å². The van der Waals surface area contributed by atoms with Crippen LogP contribution in [0.2, 0.25) is 0 Å². The van der Waals surface area contributed by atoms with Crippen molar-refractivity contribution in [3.05, 3.63) is 59.2 Å². The van der Waals surface area contributed by atoms with E-state index in [1.807, 2.05) is 13.8 Å². The molecule has 0 aliphatic carbocycles. The van der Waals surface area contributed by atoms with Gasteiger partial charge < -0.3 is 4.74 Å². The zero-order valence-electron chi connectivity index (χ0n) is 16.0. The van der Waals surface area contributed by atoms with E-state index in [1.165, 1.54) is 24.3 Å². The number of aryl methyl sites for hydroxylation is 2. The van der Waals surface area contributed by atoms with E-state index >= 15 is 0 Å². The fourth-order valence-electron chi connectivity index (χ4n) is 2.66. The Balaban J connectivity index is 2.02. The monoisotopic (exact) mass is 428 g/mol. The maximum absolute atomic E-state index is 12.2. The van der Waals surface area contributed by atoms with Gasteiger partial charge in [-0.1, -0.05) is 30.7 Å². The number of hydrogen-bond donors (Lipinski definition) is 1. The Bertz CT molecular complexity index is 1010. The van der Waals surface area contributed by atoms with Crippen LogP contribution in [0.1, 0.15) is 36.1 Å². The molecule has 0 amide bonds. The van der Waals surface area contributed by atoms with Crippen molar-refractivity contribution in [2.75, 3.05) is 13.2 Å². The maximum atomic E-state index is 12.2. The molecule has 2 aromatic carbocycles. The Morgan fingerprint density at radius 1 is 0.929 bits per heavy atom. The fourth-order valence-corrected chi connectivity index (χ4v) is 4.07. The van der Waals surface area contributed by atoms with Crippen LogP contribution in [0.3, 0.4) is 0 Å².